The zero-order valence-corrected chi connectivity index (χ0v) is 12.4. The number of hydrogen-bond donors (Lipinski definition) is 0. The second-order valence-corrected chi connectivity index (χ2v) is 5.05. The SMILES string of the molecule is C=C(/C=C\C(C)=O)C(C)=C/C=C(\C)CC(C)CC. The molecular formula is C17H26O. The zero-order chi connectivity index (χ0) is 14.1. The monoisotopic (exact) mass is 246 g/mol. The van der Waals surface area contributed by atoms with E-state index in [4.69, 9.17) is 0 Å². The molecule has 0 rings (SSSR count). The average molecular weight is 246 g/mol. The van der Waals surface area contributed by atoms with E-state index in [-0.39, 0.29) is 5.78 Å². The van der Waals surface area contributed by atoms with E-state index in [1.807, 2.05) is 6.92 Å². The summed E-state index contributed by atoms with van der Waals surface area (Å²) in [5.74, 6) is 0.781. The van der Waals surface area contributed by atoms with Gasteiger partial charge in [-0.05, 0) is 50.3 Å². The minimum absolute atomic E-state index is 0.0486. The molecule has 0 amide bonds. The smallest absolute Gasteiger partial charge is 0.152 e. The van der Waals surface area contributed by atoms with Crippen molar-refractivity contribution in [2.45, 2.75) is 47.5 Å². The van der Waals surface area contributed by atoms with Crippen molar-refractivity contribution < 1.29 is 4.79 Å². The zero-order valence-electron chi connectivity index (χ0n) is 12.4. The Labute approximate surface area is 112 Å². The summed E-state index contributed by atoms with van der Waals surface area (Å²) in [6, 6.07) is 0. The Hall–Kier alpha value is -1.37. The van der Waals surface area contributed by atoms with Crippen LogP contribution in [0, 0.1) is 5.92 Å². The van der Waals surface area contributed by atoms with E-state index in [2.05, 4.69) is 39.5 Å². The number of carbonyl (C=O) groups is 1. The number of ketones is 1. The van der Waals surface area contributed by atoms with Gasteiger partial charge in [-0.1, -0.05) is 50.6 Å². The summed E-state index contributed by atoms with van der Waals surface area (Å²) in [6.45, 7) is 14.1. The van der Waals surface area contributed by atoms with E-state index < -0.39 is 0 Å². The van der Waals surface area contributed by atoms with Crippen molar-refractivity contribution in [1.29, 1.82) is 0 Å². The van der Waals surface area contributed by atoms with Gasteiger partial charge in [-0.2, -0.15) is 0 Å². The van der Waals surface area contributed by atoms with Crippen LogP contribution in [0.4, 0.5) is 0 Å². The number of rotatable bonds is 7. The largest absolute Gasteiger partial charge is 0.295 e. The fraction of sp³-hybridized carbons (Fsp3) is 0.471. The van der Waals surface area contributed by atoms with Gasteiger partial charge in [0.05, 0.1) is 0 Å². The van der Waals surface area contributed by atoms with Crippen molar-refractivity contribution in [1.82, 2.24) is 0 Å². The Balaban J connectivity index is 4.54. The third-order valence-electron chi connectivity index (χ3n) is 3.01. The van der Waals surface area contributed by atoms with Crippen molar-refractivity contribution in [3.05, 3.63) is 47.6 Å². The number of allylic oxidation sites excluding steroid dienone is 7. The van der Waals surface area contributed by atoms with Crippen LogP contribution in [-0.4, -0.2) is 5.78 Å². The first-order valence-corrected chi connectivity index (χ1v) is 6.58. The lowest BCUT2D eigenvalue weighted by Gasteiger charge is -2.07. The summed E-state index contributed by atoms with van der Waals surface area (Å²) in [7, 11) is 0. The second kappa shape index (κ2) is 8.68. The maximum atomic E-state index is 10.8. The predicted octanol–water partition coefficient (Wildman–Crippen LogP) is 5.02. The topological polar surface area (TPSA) is 17.1 Å². The molecule has 0 saturated carbocycles. The van der Waals surface area contributed by atoms with Crippen LogP contribution in [0.3, 0.4) is 0 Å². The molecule has 0 aromatic heterocycles. The highest BCUT2D eigenvalue weighted by atomic mass is 16.1. The molecule has 0 radical (unpaired) electrons. The Bertz CT molecular complexity index is 380. The molecule has 0 aromatic carbocycles. The van der Waals surface area contributed by atoms with Gasteiger partial charge in [0.15, 0.2) is 5.78 Å². The number of hydrogen-bond acceptors (Lipinski definition) is 1. The molecule has 0 aliphatic rings. The van der Waals surface area contributed by atoms with E-state index in [1.54, 1.807) is 19.1 Å². The summed E-state index contributed by atoms with van der Waals surface area (Å²) in [5.41, 5.74) is 3.36. The molecule has 1 unspecified atom stereocenters. The van der Waals surface area contributed by atoms with Gasteiger partial charge in [0.2, 0.25) is 0 Å². The third-order valence-corrected chi connectivity index (χ3v) is 3.01. The first-order valence-electron chi connectivity index (χ1n) is 6.58. The van der Waals surface area contributed by atoms with Crippen LogP contribution in [0.5, 0.6) is 0 Å². The van der Waals surface area contributed by atoms with Crippen molar-refractivity contribution in [2.75, 3.05) is 0 Å². The first-order chi connectivity index (χ1) is 8.36. The Morgan fingerprint density at radius 3 is 2.28 bits per heavy atom. The molecule has 100 valence electrons. The van der Waals surface area contributed by atoms with Crippen molar-refractivity contribution in [3.63, 3.8) is 0 Å². The van der Waals surface area contributed by atoms with E-state index in [9.17, 15) is 4.79 Å². The Morgan fingerprint density at radius 1 is 1.17 bits per heavy atom. The fourth-order valence-corrected chi connectivity index (χ4v) is 1.49. The molecule has 0 aliphatic heterocycles. The van der Waals surface area contributed by atoms with Crippen LogP contribution in [0.2, 0.25) is 0 Å². The van der Waals surface area contributed by atoms with Crippen molar-refractivity contribution in [2.24, 2.45) is 5.92 Å². The molecule has 0 aliphatic carbocycles. The van der Waals surface area contributed by atoms with Crippen molar-refractivity contribution in [3.8, 4) is 0 Å². The van der Waals surface area contributed by atoms with Crippen LogP contribution < -0.4 is 0 Å². The van der Waals surface area contributed by atoms with Gasteiger partial charge in [-0.25, -0.2) is 0 Å². The van der Waals surface area contributed by atoms with Gasteiger partial charge < -0.3 is 0 Å². The predicted molar refractivity (Wildman–Crippen MR) is 80.5 cm³/mol. The van der Waals surface area contributed by atoms with E-state index in [0.717, 1.165) is 23.5 Å². The van der Waals surface area contributed by atoms with Crippen LogP contribution in [-0.2, 0) is 4.79 Å². The highest BCUT2D eigenvalue weighted by Crippen LogP contribution is 2.15. The highest BCUT2D eigenvalue weighted by molar-refractivity contribution is 5.87. The minimum Gasteiger partial charge on any atom is -0.295 e. The lowest BCUT2D eigenvalue weighted by molar-refractivity contribution is -0.112. The van der Waals surface area contributed by atoms with Gasteiger partial charge in [0, 0.05) is 0 Å². The lowest BCUT2D eigenvalue weighted by atomic mass is 9.99. The molecule has 0 N–H and O–H groups in total. The minimum atomic E-state index is 0.0486. The quantitative estimate of drug-likeness (QED) is 0.455. The molecule has 1 heteroatoms. The Morgan fingerprint density at radius 2 is 1.78 bits per heavy atom. The van der Waals surface area contributed by atoms with Gasteiger partial charge in [0.25, 0.3) is 0 Å². The fourth-order valence-electron chi connectivity index (χ4n) is 1.49. The van der Waals surface area contributed by atoms with Crippen LogP contribution in [0.15, 0.2) is 47.6 Å². The normalized spacial score (nSPS) is 14.9. The Kier molecular flexibility index (Phi) is 8.02. The maximum absolute atomic E-state index is 10.8. The summed E-state index contributed by atoms with van der Waals surface area (Å²) in [5, 5.41) is 0. The third kappa shape index (κ3) is 7.83. The molecular weight excluding hydrogens is 220 g/mol. The molecule has 18 heavy (non-hydrogen) atoms. The van der Waals surface area contributed by atoms with Gasteiger partial charge in [0.1, 0.15) is 0 Å². The molecule has 1 atom stereocenters. The summed E-state index contributed by atoms with van der Waals surface area (Å²) in [6.07, 6.45) is 9.89. The van der Waals surface area contributed by atoms with E-state index >= 15 is 0 Å². The van der Waals surface area contributed by atoms with Crippen LogP contribution in [0.1, 0.15) is 47.5 Å². The first kappa shape index (κ1) is 16.6. The summed E-state index contributed by atoms with van der Waals surface area (Å²) >= 11 is 0. The molecule has 0 aromatic rings. The maximum Gasteiger partial charge on any atom is 0.152 e. The van der Waals surface area contributed by atoms with E-state index in [1.165, 1.54) is 12.0 Å². The molecule has 1 nitrogen and oxygen atoms in total. The van der Waals surface area contributed by atoms with Crippen LogP contribution >= 0.6 is 0 Å². The summed E-state index contributed by atoms with van der Waals surface area (Å²) in [4.78, 5) is 10.8. The molecule has 0 heterocycles. The van der Waals surface area contributed by atoms with Crippen LogP contribution in [0.25, 0.3) is 0 Å². The highest BCUT2D eigenvalue weighted by Gasteiger charge is 1.99. The standard InChI is InChI=1S/C17H26O/c1-7-13(2)12-14(3)8-9-15(4)16(5)10-11-17(6)18/h8-11,13H,5,7,12H2,1-4,6H3/b11-10-,14-8+,15-9?. The molecule has 0 saturated heterocycles. The molecule has 0 spiro atoms. The van der Waals surface area contributed by atoms with Gasteiger partial charge in [-0.15, -0.1) is 0 Å². The lowest BCUT2D eigenvalue weighted by Crippen LogP contribution is -1.92. The van der Waals surface area contributed by atoms with Gasteiger partial charge >= 0.3 is 0 Å². The number of carbonyl (C=O) groups excluding carboxylic acids is 1. The molecule has 0 bridgehead atoms. The summed E-state index contributed by atoms with van der Waals surface area (Å²) < 4.78 is 0. The van der Waals surface area contributed by atoms with Gasteiger partial charge in [-0.3, -0.25) is 4.79 Å². The van der Waals surface area contributed by atoms with E-state index in [0.29, 0.717) is 0 Å². The van der Waals surface area contributed by atoms with Crippen molar-refractivity contribution >= 4 is 5.78 Å². The average Bonchev–Trinajstić information content (AvgIpc) is 2.32. The molecule has 0 fully saturated rings. The second-order valence-electron chi connectivity index (χ2n) is 5.05.